The van der Waals surface area contributed by atoms with E-state index in [4.69, 9.17) is 9.47 Å². The van der Waals surface area contributed by atoms with Crippen molar-refractivity contribution in [3.8, 4) is 11.1 Å². The molecular weight excluding hydrogens is 482 g/mol. The number of fused-ring (bicyclic) bond motifs is 1. The summed E-state index contributed by atoms with van der Waals surface area (Å²) in [6.07, 6.45) is 3.30. The number of benzene rings is 2. The molecule has 0 saturated carbocycles. The van der Waals surface area contributed by atoms with Crippen LogP contribution in [-0.4, -0.2) is 70.9 Å². The smallest absolute Gasteiger partial charge is 0.254 e. The molecule has 1 aromatic heterocycles. The van der Waals surface area contributed by atoms with Crippen molar-refractivity contribution in [2.24, 2.45) is 0 Å². The van der Waals surface area contributed by atoms with E-state index in [9.17, 15) is 14.7 Å². The normalized spacial score (nSPS) is 23.6. The number of ether oxygens (including phenoxy) is 2. The highest BCUT2D eigenvalue weighted by atomic mass is 16.5. The Bertz CT molecular complexity index is 1210. The number of aliphatic hydroxyl groups is 1. The van der Waals surface area contributed by atoms with E-state index >= 15 is 0 Å². The third-order valence-corrected chi connectivity index (χ3v) is 7.13. The highest BCUT2D eigenvalue weighted by Gasteiger charge is 2.40. The van der Waals surface area contributed by atoms with Gasteiger partial charge < -0.3 is 24.8 Å². The predicted molar refractivity (Wildman–Crippen MR) is 142 cm³/mol. The highest BCUT2D eigenvalue weighted by Crippen LogP contribution is 2.29. The van der Waals surface area contributed by atoms with Crippen LogP contribution in [0.25, 0.3) is 11.1 Å². The van der Waals surface area contributed by atoms with Gasteiger partial charge in [0.1, 0.15) is 6.10 Å². The Morgan fingerprint density at radius 1 is 0.947 bits per heavy atom. The van der Waals surface area contributed by atoms with Gasteiger partial charge in [0.05, 0.1) is 37.9 Å². The Morgan fingerprint density at radius 2 is 1.68 bits per heavy atom. The predicted octanol–water partition coefficient (Wildman–Crippen LogP) is 3.20. The minimum absolute atomic E-state index is 0.0764. The van der Waals surface area contributed by atoms with Gasteiger partial charge in [-0.3, -0.25) is 14.6 Å². The van der Waals surface area contributed by atoms with Crippen molar-refractivity contribution in [2.75, 3.05) is 19.8 Å². The fourth-order valence-electron chi connectivity index (χ4n) is 5.16. The first-order valence-electron chi connectivity index (χ1n) is 13.1. The minimum atomic E-state index is -0.771. The van der Waals surface area contributed by atoms with Crippen LogP contribution in [0.5, 0.6) is 0 Å². The van der Waals surface area contributed by atoms with Gasteiger partial charge >= 0.3 is 0 Å². The van der Waals surface area contributed by atoms with Crippen molar-refractivity contribution < 1.29 is 24.2 Å². The lowest BCUT2D eigenvalue weighted by Gasteiger charge is -2.44. The summed E-state index contributed by atoms with van der Waals surface area (Å²) in [5.74, 6) is -0.242. The first-order chi connectivity index (χ1) is 18.6. The number of hydrogen-bond donors (Lipinski definition) is 2. The van der Waals surface area contributed by atoms with Gasteiger partial charge in [-0.15, -0.1) is 0 Å². The molecule has 2 aliphatic heterocycles. The molecule has 0 bridgehead atoms. The van der Waals surface area contributed by atoms with Crippen LogP contribution in [0.3, 0.4) is 0 Å². The Hall–Kier alpha value is -3.59. The molecule has 0 spiro atoms. The maximum Gasteiger partial charge on any atom is 0.254 e. The van der Waals surface area contributed by atoms with Crippen LogP contribution in [0.4, 0.5) is 0 Å². The fourth-order valence-corrected chi connectivity index (χ4v) is 5.16. The van der Waals surface area contributed by atoms with Gasteiger partial charge in [-0.2, -0.15) is 0 Å². The van der Waals surface area contributed by atoms with Crippen molar-refractivity contribution >= 4 is 11.8 Å². The van der Waals surface area contributed by atoms with Crippen molar-refractivity contribution in [1.82, 2.24) is 15.2 Å². The second-order valence-corrected chi connectivity index (χ2v) is 9.87. The summed E-state index contributed by atoms with van der Waals surface area (Å²) >= 11 is 0. The lowest BCUT2D eigenvalue weighted by atomic mass is 9.94. The molecular formula is C30H33N3O5. The average molecular weight is 516 g/mol. The monoisotopic (exact) mass is 515 g/mol. The van der Waals surface area contributed by atoms with E-state index in [2.05, 4.69) is 34.6 Å². The summed E-state index contributed by atoms with van der Waals surface area (Å²) in [7, 11) is 0. The van der Waals surface area contributed by atoms with Crippen LogP contribution in [0.2, 0.25) is 0 Å². The molecule has 2 aromatic carbocycles. The first-order valence-corrected chi connectivity index (χ1v) is 13.1. The lowest BCUT2D eigenvalue weighted by Crippen LogP contribution is -2.57. The molecule has 2 fully saturated rings. The largest absolute Gasteiger partial charge is 0.389 e. The third kappa shape index (κ3) is 6.45. The van der Waals surface area contributed by atoms with E-state index in [-0.39, 0.29) is 56.2 Å². The van der Waals surface area contributed by atoms with Crippen LogP contribution < -0.4 is 5.32 Å². The molecule has 5 rings (SSSR count). The number of hydrogen-bond acceptors (Lipinski definition) is 6. The maximum absolute atomic E-state index is 13.3. The average Bonchev–Trinajstić information content (AvgIpc) is 2.95. The van der Waals surface area contributed by atoms with Crippen LogP contribution in [0, 0.1) is 0 Å². The molecule has 2 amide bonds. The van der Waals surface area contributed by atoms with Gasteiger partial charge in [0.15, 0.2) is 0 Å². The number of nitrogens with one attached hydrogen (secondary N) is 1. The molecule has 198 valence electrons. The van der Waals surface area contributed by atoms with Crippen LogP contribution in [0.15, 0.2) is 79.1 Å². The number of carbonyl (C=O) groups excluding carboxylic acids is 2. The molecule has 3 aromatic rings. The SMILES string of the molecule is O=C(C[C@@H]1CC[C@@H]2[C@H](COC[C@@H](O)CN2C(=O)c2ccncc2)O1)NCc1ccc(-c2ccccc2)cc1. The Balaban J connectivity index is 1.16. The van der Waals surface area contributed by atoms with E-state index in [1.807, 2.05) is 30.3 Å². The van der Waals surface area contributed by atoms with Crippen molar-refractivity contribution in [3.63, 3.8) is 0 Å². The van der Waals surface area contributed by atoms with Crippen LogP contribution >= 0.6 is 0 Å². The Morgan fingerprint density at radius 3 is 2.45 bits per heavy atom. The highest BCUT2D eigenvalue weighted by molar-refractivity contribution is 5.94. The molecule has 8 nitrogen and oxygen atoms in total. The first kappa shape index (κ1) is 26.0. The van der Waals surface area contributed by atoms with Gasteiger partial charge in [0, 0.05) is 31.0 Å². The number of pyridine rings is 1. The number of amides is 2. The second-order valence-electron chi connectivity index (χ2n) is 9.87. The molecule has 8 heteroatoms. The second kappa shape index (κ2) is 12.3. The summed E-state index contributed by atoms with van der Waals surface area (Å²) < 4.78 is 12.0. The van der Waals surface area contributed by atoms with Gasteiger partial charge in [-0.1, -0.05) is 54.6 Å². The van der Waals surface area contributed by atoms with Gasteiger partial charge in [-0.25, -0.2) is 0 Å². The summed E-state index contributed by atoms with van der Waals surface area (Å²) in [5.41, 5.74) is 3.84. The Kier molecular flexibility index (Phi) is 8.43. The molecule has 2 saturated heterocycles. The fraction of sp³-hybridized carbons (Fsp3) is 0.367. The van der Waals surface area contributed by atoms with Crippen LogP contribution in [-0.2, 0) is 20.8 Å². The molecule has 2 aliphatic rings. The molecule has 3 heterocycles. The zero-order chi connectivity index (χ0) is 26.3. The van der Waals surface area contributed by atoms with Crippen molar-refractivity contribution in [2.45, 2.75) is 50.2 Å². The number of carbonyl (C=O) groups is 2. The van der Waals surface area contributed by atoms with E-state index in [0.29, 0.717) is 24.9 Å². The maximum atomic E-state index is 13.3. The van der Waals surface area contributed by atoms with E-state index in [1.165, 1.54) is 0 Å². The van der Waals surface area contributed by atoms with E-state index < -0.39 is 6.10 Å². The van der Waals surface area contributed by atoms with Gasteiger partial charge in [0.25, 0.3) is 5.91 Å². The van der Waals surface area contributed by atoms with E-state index in [0.717, 1.165) is 16.7 Å². The quantitative estimate of drug-likeness (QED) is 0.523. The zero-order valence-electron chi connectivity index (χ0n) is 21.2. The number of rotatable bonds is 6. The van der Waals surface area contributed by atoms with Crippen molar-refractivity contribution in [3.05, 3.63) is 90.3 Å². The lowest BCUT2D eigenvalue weighted by molar-refractivity contribution is -0.151. The molecule has 0 radical (unpaired) electrons. The van der Waals surface area contributed by atoms with Crippen molar-refractivity contribution in [1.29, 1.82) is 0 Å². The topological polar surface area (TPSA) is 101 Å². The molecule has 38 heavy (non-hydrogen) atoms. The molecule has 4 atom stereocenters. The van der Waals surface area contributed by atoms with Gasteiger partial charge in [0.2, 0.25) is 5.91 Å². The third-order valence-electron chi connectivity index (χ3n) is 7.13. The Labute approximate surface area is 222 Å². The number of β-amino-alcohol motifs (C(OH)–C–C–N with tert-alkyl or cyclic N) is 1. The number of nitrogens with zero attached hydrogens (tertiary/aromatic N) is 2. The number of aliphatic hydroxyl groups excluding tert-OH is 1. The molecule has 0 aliphatic carbocycles. The minimum Gasteiger partial charge on any atom is -0.389 e. The zero-order valence-corrected chi connectivity index (χ0v) is 21.2. The summed E-state index contributed by atoms with van der Waals surface area (Å²) in [4.78, 5) is 31.7. The molecule has 0 unspecified atom stereocenters. The van der Waals surface area contributed by atoms with E-state index in [1.54, 1.807) is 29.4 Å². The van der Waals surface area contributed by atoms with Gasteiger partial charge in [-0.05, 0) is 41.7 Å². The summed E-state index contributed by atoms with van der Waals surface area (Å²) in [5, 5.41) is 13.3. The number of aromatic nitrogens is 1. The van der Waals surface area contributed by atoms with Crippen LogP contribution in [0.1, 0.15) is 35.2 Å². The summed E-state index contributed by atoms with van der Waals surface area (Å²) in [6, 6.07) is 21.4. The standard InChI is InChI=1S/C30H33N3O5/c34-25-18-33(30(36)24-12-14-31-15-13-24)27-11-10-26(38-28(27)20-37-19-25)16-29(35)32-17-21-6-8-23(9-7-21)22-4-2-1-3-5-22/h1-9,12-15,25-28,34H,10-11,16-20H2,(H,32,35)/t25-,26-,27+,28-/m0/s1. The molecule has 2 N–H and O–H groups in total. The summed E-state index contributed by atoms with van der Waals surface area (Å²) in [6.45, 7) is 0.996.